The van der Waals surface area contributed by atoms with Gasteiger partial charge in [-0.3, -0.25) is 9.59 Å². The summed E-state index contributed by atoms with van der Waals surface area (Å²) in [7, 11) is 3.34. The van der Waals surface area contributed by atoms with E-state index in [1.54, 1.807) is 14.1 Å². The summed E-state index contributed by atoms with van der Waals surface area (Å²) in [5.74, 6) is -0.268. The molecule has 2 amide bonds. The average molecular weight is 286 g/mol. The van der Waals surface area contributed by atoms with Gasteiger partial charge in [0.2, 0.25) is 5.91 Å². The Balaban J connectivity index is 2.20. The Morgan fingerprint density at radius 1 is 1.47 bits per heavy atom. The van der Waals surface area contributed by atoms with Crippen LogP contribution in [-0.4, -0.2) is 61.4 Å². The molecule has 0 saturated carbocycles. The molecule has 1 atom stereocenters. The fourth-order valence-electron chi connectivity index (χ4n) is 2.04. The Labute approximate surface area is 116 Å². The van der Waals surface area contributed by atoms with Crippen LogP contribution < -0.4 is 5.32 Å². The summed E-state index contributed by atoms with van der Waals surface area (Å²) >= 11 is 5.67. The minimum Gasteiger partial charge on any atom is -0.440 e. The molecule has 2 rings (SSSR count). The fraction of sp³-hybridized carbons (Fsp3) is 0.500. The van der Waals surface area contributed by atoms with Crippen molar-refractivity contribution >= 4 is 23.4 Å². The van der Waals surface area contributed by atoms with Gasteiger partial charge in [-0.05, 0) is 23.7 Å². The van der Waals surface area contributed by atoms with Gasteiger partial charge in [0.15, 0.2) is 11.0 Å². The summed E-state index contributed by atoms with van der Waals surface area (Å²) in [6.07, 6.45) is 0. The largest absolute Gasteiger partial charge is 0.440 e. The van der Waals surface area contributed by atoms with Crippen molar-refractivity contribution in [2.75, 3.05) is 33.7 Å². The lowest BCUT2D eigenvalue weighted by molar-refractivity contribution is -0.134. The lowest BCUT2D eigenvalue weighted by Crippen LogP contribution is -2.59. The van der Waals surface area contributed by atoms with Crippen LogP contribution in [0.4, 0.5) is 0 Å². The predicted molar refractivity (Wildman–Crippen MR) is 70.1 cm³/mol. The maximum atomic E-state index is 12.3. The van der Waals surface area contributed by atoms with Crippen molar-refractivity contribution in [2.45, 2.75) is 6.04 Å². The van der Waals surface area contributed by atoms with Crippen molar-refractivity contribution in [3.05, 3.63) is 23.1 Å². The van der Waals surface area contributed by atoms with Crippen LogP contribution in [0.1, 0.15) is 10.6 Å². The van der Waals surface area contributed by atoms with E-state index < -0.39 is 6.04 Å². The number of nitrogens with zero attached hydrogens (tertiary/aromatic N) is 2. The molecule has 1 saturated heterocycles. The van der Waals surface area contributed by atoms with E-state index in [4.69, 9.17) is 16.0 Å². The summed E-state index contributed by atoms with van der Waals surface area (Å²) in [4.78, 5) is 27.4. The minimum atomic E-state index is -0.514. The second kappa shape index (κ2) is 5.63. The Bertz CT molecular complexity index is 486. The van der Waals surface area contributed by atoms with E-state index in [1.165, 1.54) is 21.9 Å². The van der Waals surface area contributed by atoms with Gasteiger partial charge in [0, 0.05) is 33.7 Å². The van der Waals surface area contributed by atoms with Gasteiger partial charge in [0.1, 0.15) is 6.04 Å². The fourth-order valence-corrected chi connectivity index (χ4v) is 2.18. The quantitative estimate of drug-likeness (QED) is 0.856. The minimum absolute atomic E-state index is 0.113. The van der Waals surface area contributed by atoms with E-state index in [1.807, 2.05) is 0 Å². The molecule has 1 unspecified atom stereocenters. The molecule has 0 spiro atoms. The van der Waals surface area contributed by atoms with Crippen molar-refractivity contribution < 1.29 is 14.0 Å². The number of likely N-dealkylation sites (N-methyl/N-ethyl adjacent to an activating group) is 1. The number of halogens is 1. The third-order valence-corrected chi connectivity index (χ3v) is 3.22. The monoisotopic (exact) mass is 285 g/mol. The molecule has 0 aliphatic carbocycles. The van der Waals surface area contributed by atoms with Crippen LogP contribution in [0.2, 0.25) is 5.22 Å². The number of furan rings is 1. The number of amides is 2. The second-order valence-electron chi connectivity index (χ2n) is 4.55. The maximum absolute atomic E-state index is 12.3. The van der Waals surface area contributed by atoms with Gasteiger partial charge in [-0.2, -0.15) is 0 Å². The highest BCUT2D eigenvalue weighted by Crippen LogP contribution is 2.17. The third-order valence-electron chi connectivity index (χ3n) is 3.01. The molecule has 7 heteroatoms. The van der Waals surface area contributed by atoms with Gasteiger partial charge in [-0.25, -0.2) is 0 Å². The smallest absolute Gasteiger partial charge is 0.290 e. The van der Waals surface area contributed by atoms with Gasteiger partial charge in [0.05, 0.1) is 0 Å². The highest BCUT2D eigenvalue weighted by molar-refractivity contribution is 6.29. The van der Waals surface area contributed by atoms with E-state index in [-0.39, 0.29) is 22.8 Å². The van der Waals surface area contributed by atoms with Crippen LogP contribution in [-0.2, 0) is 4.79 Å². The predicted octanol–water partition coefficient (Wildman–Crippen LogP) is 0.435. The van der Waals surface area contributed by atoms with Gasteiger partial charge in [-0.15, -0.1) is 0 Å². The van der Waals surface area contributed by atoms with Gasteiger partial charge in [0.25, 0.3) is 5.91 Å². The molecule has 1 aliphatic rings. The standard InChI is InChI=1S/C12H16ClN3O3/c1-15(2)11(17)8-7-14-5-6-16(8)12(18)9-3-4-10(13)19-9/h3-4,8,14H,5-7H2,1-2H3. The maximum Gasteiger partial charge on any atom is 0.290 e. The molecule has 1 aromatic rings. The summed E-state index contributed by atoms with van der Waals surface area (Å²) in [5, 5.41) is 3.28. The van der Waals surface area contributed by atoms with Crippen molar-refractivity contribution in [3.63, 3.8) is 0 Å². The van der Waals surface area contributed by atoms with Gasteiger partial charge in [-0.1, -0.05) is 0 Å². The molecule has 2 heterocycles. The van der Waals surface area contributed by atoms with E-state index in [2.05, 4.69) is 5.32 Å². The van der Waals surface area contributed by atoms with E-state index >= 15 is 0 Å². The molecule has 0 radical (unpaired) electrons. The van der Waals surface area contributed by atoms with Crippen molar-refractivity contribution in [1.82, 2.24) is 15.1 Å². The number of carbonyl (C=O) groups excluding carboxylic acids is 2. The molecule has 6 nitrogen and oxygen atoms in total. The molecule has 19 heavy (non-hydrogen) atoms. The number of hydrogen-bond acceptors (Lipinski definition) is 4. The zero-order valence-corrected chi connectivity index (χ0v) is 11.6. The van der Waals surface area contributed by atoms with Crippen LogP contribution in [0.15, 0.2) is 16.5 Å². The molecule has 1 fully saturated rings. The number of hydrogen-bond donors (Lipinski definition) is 1. The SMILES string of the molecule is CN(C)C(=O)C1CNCCN1C(=O)c1ccc(Cl)o1. The van der Waals surface area contributed by atoms with Gasteiger partial charge >= 0.3 is 0 Å². The summed E-state index contributed by atoms with van der Waals surface area (Å²) in [5.41, 5.74) is 0. The van der Waals surface area contributed by atoms with Crippen LogP contribution in [0.25, 0.3) is 0 Å². The molecule has 1 N–H and O–H groups in total. The molecule has 0 bridgehead atoms. The highest BCUT2D eigenvalue weighted by atomic mass is 35.5. The van der Waals surface area contributed by atoms with Crippen molar-refractivity contribution in [1.29, 1.82) is 0 Å². The highest BCUT2D eigenvalue weighted by Gasteiger charge is 2.34. The average Bonchev–Trinajstić information content (AvgIpc) is 2.83. The summed E-state index contributed by atoms with van der Waals surface area (Å²) in [6, 6.07) is 2.52. The number of carbonyl (C=O) groups is 2. The summed E-state index contributed by atoms with van der Waals surface area (Å²) < 4.78 is 5.12. The summed E-state index contributed by atoms with van der Waals surface area (Å²) in [6.45, 7) is 1.55. The molecular formula is C12H16ClN3O3. The Kier molecular flexibility index (Phi) is 4.11. The topological polar surface area (TPSA) is 65.8 Å². The third kappa shape index (κ3) is 2.90. The first kappa shape index (κ1) is 13.9. The van der Waals surface area contributed by atoms with Crippen LogP contribution >= 0.6 is 11.6 Å². The van der Waals surface area contributed by atoms with E-state index in [0.717, 1.165) is 0 Å². The molecule has 1 aliphatic heterocycles. The molecular weight excluding hydrogens is 270 g/mol. The normalized spacial score (nSPS) is 19.3. The molecule has 1 aromatic heterocycles. The number of rotatable bonds is 2. The first-order valence-electron chi connectivity index (χ1n) is 5.99. The van der Waals surface area contributed by atoms with Crippen molar-refractivity contribution in [3.8, 4) is 0 Å². The zero-order valence-electron chi connectivity index (χ0n) is 10.9. The molecule has 0 aromatic carbocycles. The van der Waals surface area contributed by atoms with E-state index in [9.17, 15) is 9.59 Å². The Hall–Kier alpha value is -1.53. The Morgan fingerprint density at radius 3 is 2.79 bits per heavy atom. The first-order valence-corrected chi connectivity index (χ1v) is 6.36. The second-order valence-corrected chi connectivity index (χ2v) is 4.93. The Morgan fingerprint density at radius 2 is 2.21 bits per heavy atom. The zero-order chi connectivity index (χ0) is 14.0. The van der Waals surface area contributed by atoms with Crippen LogP contribution in [0.3, 0.4) is 0 Å². The lowest BCUT2D eigenvalue weighted by Gasteiger charge is -2.35. The van der Waals surface area contributed by atoms with E-state index in [0.29, 0.717) is 19.6 Å². The number of nitrogens with one attached hydrogen (secondary N) is 1. The van der Waals surface area contributed by atoms with Crippen LogP contribution in [0, 0.1) is 0 Å². The van der Waals surface area contributed by atoms with Crippen LogP contribution in [0.5, 0.6) is 0 Å². The molecule has 104 valence electrons. The lowest BCUT2D eigenvalue weighted by atomic mass is 10.1. The van der Waals surface area contributed by atoms with Gasteiger partial charge < -0.3 is 19.5 Å². The first-order chi connectivity index (χ1) is 9.00. The number of piperazine rings is 1. The van der Waals surface area contributed by atoms with Crippen molar-refractivity contribution in [2.24, 2.45) is 0 Å².